The summed E-state index contributed by atoms with van der Waals surface area (Å²) < 4.78 is 39.2. The number of methoxy groups -OCH3 is 1. The average Bonchev–Trinajstić information content (AvgIpc) is 3.35. The van der Waals surface area contributed by atoms with Gasteiger partial charge in [0.1, 0.15) is 5.75 Å². The number of carbonyl (C=O) groups is 1. The number of ether oxygens (including phenoxy) is 2. The van der Waals surface area contributed by atoms with Crippen LogP contribution >= 0.6 is 0 Å². The van der Waals surface area contributed by atoms with E-state index in [1.807, 2.05) is 0 Å². The van der Waals surface area contributed by atoms with Crippen LogP contribution in [0.15, 0.2) is 59.6 Å². The Morgan fingerprint density at radius 3 is 2.50 bits per heavy atom. The predicted octanol–water partition coefficient (Wildman–Crippen LogP) is 2.06. The van der Waals surface area contributed by atoms with Crippen molar-refractivity contribution in [3.63, 3.8) is 0 Å². The molecule has 1 aliphatic heterocycles. The van der Waals surface area contributed by atoms with E-state index in [1.54, 1.807) is 0 Å². The predicted molar refractivity (Wildman–Crippen MR) is 121 cm³/mol. The van der Waals surface area contributed by atoms with Gasteiger partial charge >= 0.3 is 0 Å². The van der Waals surface area contributed by atoms with Gasteiger partial charge in [0, 0.05) is 31.4 Å². The minimum atomic E-state index is -3.77. The molecule has 1 aromatic heterocycles. The Balaban J connectivity index is 1.56. The monoisotopic (exact) mass is 487 g/mol. The number of rotatable bonds is 7. The first-order valence-corrected chi connectivity index (χ1v) is 11.6. The van der Waals surface area contributed by atoms with Gasteiger partial charge < -0.3 is 14.8 Å². The zero-order chi connectivity index (χ0) is 24.3. The van der Waals surface area contributed by atoms with Crippen molar-refractivity contribution in [1.29, 1.82) is 0 Å². The molecule has 1 saturated heterocycles. The molecule has 1 aliphatic rings. The quantitative estimate of drug-likeness (QED) is 0.394. The zero-order valence-electron chi connectivity index (χ0n) is 18.1. The van der Waals surface area contributed by atoms with Crippen LogP contribution in [0.2, 0.25) is 0 Å². The Kier molecular flexibility index (Phi) is 6.58. The third-order valence-corrected chi connectivity index (χ3v) is 7.07. The lowest BCUT2D eigenvalue weighted by molar-refractivity contribution is -0.384. The van der Waals surface area contributed by atoms with E-state index in [9.17, 15) is 23.3 Å². The summed E-state index contributed by atoms with van der Waals surface area (Å²) in [5.41, 5.74) is 0.697. The van der Waals surface area contributed by atoms with E-state index in [2.05, 4.69) is 10.4 Å². The van der Waals surface area contributed by atoms with Crippen LogP contribution in [0.4, 0.5) is 11.4 Å². The average molecular weight is 487 g/mol. The number of nitrogens with zero attached hydrogens (tertiary/aromatic N) is 4. The van der Waals surface area contributed by atoms with Gasteiger partial charge in [0.25, 0.3) is 11.6 Å². The molecular weight excluding hydrogens is 466 g/mol. The van der Waals surface area contributed by atoms with Gasteiger partial charge in [0.2, 0.25) is 10.0 Å². The SMILES string of the molecule is COc1ccc(S(=O)(=O)N2CCOCC2)cc1NC(=O)c1ccn(-c2ccc([N+](=O)[O-])cc2)n1. The molecule has 0 radical (unpaired) electrons. The molecule has 12 nitrogen and oxygen atoms in total. The molecule has 0 unspecified atom stereocenters. The maximum atomic E-state index is 13.0. The topological polar surface area (TPSA) is 146 Å². The van der Waals surface area contributed by atoms with Crippen molar-refractivity contribution < 1.29 is 27.6 Å². The van der Waals surface area contributed by atoms with Crippen molar-refractivity contribution >= 4 is 27.3 Å². The number of hydrogen-bond acceptors (Lipinski definition) is 8. The lowest BCUT2D eigenvalue weighted by Crippen LogP contribution is -2.40. The fourth-order valence-corrected chi connectivity index (χ4v) is 4.82. The number of nitrogens with one attached hydrogen (secondary N) is 1. The number of morpholine rings is 1. The van der Waals surface area contributed by atoms with Crippen LogP contribution in [0, 0.1) is 10.1 Å². The van der Waals surface area contributed by atoms with Gasteiger partial charge in [-0.3, -0.25) is 14.9 Å². The molecule has 34 heavy (non-hydrogen) atoms. The first-order chi connectivity index (χ1) is 16.3. The summed E-state index contributed by atoms with van der Waals surface area (Å²) in [4.78, 5) is 23.2. The Labute approximate surface area is 194 Å². The lowest BCUT2D eigenvalue weighted by atomic mass is 10.2. The number of benzene rings is 2. The van der Waals surface area contributed by atoms with Crippen molar-refractivity contribution in [3.05, 3.63) is 70.5 Å². The number of carbonyl (C=O) groups excluding carboxylic acids is 1. The first kappa shape index (κ1) is 23.4. The number of nitro benzene ring substituents is 1. The smallest absolute Gasteiger partial charge is 0.276 e. The van der Waals surface area contributed by atoms with Crippen molar-refractivity contribution in [2.75, 3.05) is 38.7 Å². The molecule has 0 spiro atoms. The van der Waals surface area contributed by atoms with E-state index in [0.29, 0.717) is 18.9 Å². The molecule has 0 aliphatic carbocycles. The van der Waals surface area contributed by atoms with Crippen LogP contribution in [0.5, 0.6) is 5.75 Å². The molecule has 0 atom stereocenters. The highest BCUT2D eigenvalue weighted by Crippen LogP contribution is 2.29. The molecular formula is C21H21N5O7S. The normalized spacial score (nSPS) is 14.5. The highest BCUT2D eigenvalue weighted by atomic mass is 32.2. The Hall–Kier alpha value is -3.81. The summed E-state index contributed by atoms with van der Waals surface area (Å²) >= 11 is 0. The van der Waals surface area contributed by atoms with Gasteiger partial charge in [-0.1, -0.05) is 0 Å². The van der Waals surface area contributed by atoms with Crippen LogP contribution < -0.4 is 10.1 Å². The minimum Gasteiger partial charge on any atom is -0.495 e. The van der Waals surface area contributed by atoms with E-state index in [0.717, 1.165) is 0 Å². The lowest BCUT2D eigenvalue weighted by Gasteiger charge is -2.26. The summed E-state index contributed by atoms with van der Waals surface area (Å²) in [5.74, 6) is -0.302. The maximum absolute atomic E-state index is 13.0. The maximum Gasteiger partial charge on any atom is 0.276 e. The number of hydrogen-bond donors (Lipinski definition) is 1. The standard InChI is InChI=1S/C21H21N5O7S/c1-32-20-7-6-17(34(30,31)24-10-12-33-13-11-24)14-19(20)22-21(27)18-8-9-25(23-18)15-2-4-16(5-3-15)26(28)29/h2-9,14H,10-13H2,1H3,(H,22,27). The molecule has 2 aromatic carbocycles. The van der Waals surface area contributed by atoms with Crippen LogP contribution in [0.25, 0.3) is 5.69 Å². The van der Waals surface area contributed by atoms with E-state index in [-0.39, 0.29) is 40.8 Å². The van der Waals surface area contributed by atoms with Gasteiger partial charge in [0.15, 0.2) is 5.69 Å². The second-order valence-electron chi connectivity index (χ2n) is 7.25. The van der Waals surface area contributed by atoms with E-state index < -0.39 is 20.9 Å². The minimum absolute atomic E-state index is 0.0157. The molecule has 1 fully saturated rings. The van der Waals surface area contributed by atoms with Crippen molar-refractivity contribution in [1.82, 2.24) is 14.1 Å². The Morgan fingerprint density at radius 2 is 1.85 bits per heavy atom. The summed E-state index contributed by atoms with van der Waals surface area (Å²) in [6, 6.07) is 11.4. The Morgan fingerprint density at radius 1 is 1.15 bits per heavy atom. The number of non-ortho nitro benzene ring substituents is 1. The second-order valence-corrected chi connectivity index (χ2v) is 9.19. The van der Waals surface area contributed by atoms with E-state index in [4.69, 9.17) is 9.47 Å². The summed E-state index contributed by atoms with van der Waals surface area (Å²) in [6.45, 7) is 1.12. The zero-order valence-corrected chi connectivity index (χ0v) is 18.9. The van der Waals surface area contributed by atoms with Crippen LogP contribution in [-0.2, 0) is 14.8 Å². The largest absolute Gasteiger partial charge is 0.495 e. The highest BCUT2D eigenvalue weighted by molar-refractivity contribution is 7.89. The van der Waals surface area contributed by atoms with Gasteiger partial charge in [0.05, 0.1) is 41.5 Å². The first-order valence-electron chi connectivity index (χ1n) is 10.2. The molecule has 4 rings (SSSR count). The number of sulfonamides is 1. The summed E-state index contributed by atoms with van der Waals surface area (Å²) in [5, 5.41) is 17.7. The third kappa shape index (κ3) is 4.76. The van der Waals surface area contributed by atoms with Crippen molar-refractivity contribution in [2.24, 2.45) is 0 Å². The van der Waals surface area contributed by atoms with Gasteiger partial charge in [-0.15, -0.1) is 0 Å². The van der Waals surface area contributed by atoms with Crippen LogP contribution in [0.1, 0.15) is 10.5 Å². The fourth-order valence-electron chi connectivity index (χ4n) is 3.38. The third-order valence-electron chi connectivity index (χ3n) is 5.17. The number of aromatic nitrogens is 2. The molecule has 1 amide bonds. The summed E-state index contributed by atoms with van der Waals surface area (Å²) in [7, 11) is -2.37. The molecule has 0 saturated carbocycles. The molecule has 1 N–H and O–H groups in total. The Bertz CT molecular complexity index is 1320. The van der Waals surface area contributed by atoms with Gasteiger partial charge in [-0.25, -0.2) is 13.1 Å². The van der Waals surface area contributed by atoms with E-state index in [1.165, 1.54) is 70.8 Å². The van der Waals surface area contributed by atoms with Crippen molar-refractivity contribution in [2.45, 2.75) is 4.90 Å². The fraction of sp³-hybridized carbons (Fsp3) is 0.238. The second kappa shape index (κ2) is 9.59. The molecule has 0 bridgehead atoms. The highest BCUT2D eigenvalue weighted by Gasteiger charge is 2.27. The summed E-state index contributed by atoms with van der Waals surface area (Å²) in [6.07, 6.45) is 1.53. The number of amides is 1. The van der Waals surface area contributed by atoms with Crippen molar-refractivity contribution in [3.8, 4) is 11.4 Å². The van der Waals surface area contributed by atoms with Crippen LogP contribution in [-0.4, -0.2) is 66.7 Å². The van der Waals surface area contributed by atoms with Crippen LogP contribution in [0.3, 0.4) is 0 Å². The van der Waals surface area contributed by atoms with Gasteiger partial charge in [-0.05, 0) is 36.4 Å². The number of anilines is 1. The molecule has 178 valence electrons. The van der Waals surface area contributed by atoms with E-state index >= 15 is 0 Å². The molecule has 2 heterocycles. The number of nitro groups is 1. The molecule has 13 heteroatoms. The molecule has 3 aromatic rings. The van der Waals surface area contributed by atoms with Gasteiger partial charge in [-0.2, -0.15) is 9.40 Å².